The fraction of sp³-hybridized carbons (Fsp3) is 0.429. The minimum absolute atomic E-state index is 0.0326. The number of esters is 1. The molecule has 0 aliphatic rings. The number of carbonyl (C=O) groups excluding carboxylic acids is 2. The smallest absolute Gasteiger partial charge is 0.330 e. The third-order valence-corrected chi connectivity index (χ3v) is 0.633. The van der Waals surface area contributed by atoms with Crippen molar-refractivity contribution < 1.29 is 19.4 Å². The van der Waals surface area contributed by atoms with Crippen LogP contribution in [0.2, 0.25) is 0 Å². The summed E-state index contributed by atoms with van der Waals surface area (Å²) in [6.07, 6.45) is 0.455. The first-order valence-corrected chi connectivity index (χ1v) is 2.93. The Hall–Kier alpha value is -1.16. The van der Waals surface area contributed by atoms with Crippen LogP contribution >= 0.6 is 0 Å². The van der Waals surface area contributed by atoms with Gasteiger partial charge in [-0.05, 0) is 6.92 Å². The van der Waals surface area contributed by atoms with E-state index in [1.165, 1.54) is 6.92 Å². The van der Waals surface area contributed by atoms with Crippen LogP contribution in [0.1, 0.15) is 6.92 Å². The second kappa shape index (κ2) is 8.84. The molecule has 0 amide bonds. The lowest BCUT2D eigenvalue weighted by atomic mass is 10.4. The van der Waals surface area contributed by atoms with Crippen molar-refractivity contribution in [3.05, 3.63) is 12.7 Å². The molecule has 1 unspecified atom stereocenters. The number of carbonyl (C=O) groups is 2. The van der Waals surface area contributed by atoms with Gasteiger partial charge in [0, 0.05) is 6.08 Å². The van der Waals surface area contributed by atoms with Gasteiger partial charge in [-0.1, -0.05) is 6.58 Å². The van der Waals surface area contributed by atoms with Gasteiger partial charge in [0.05, 0.1) is 6.10 Å². The summed E-state index contributed by atoms with van der Waals surface area (Å²) in [5, 5.41) is 8.59. The lowest BCUT2D eigenvalue weighted by Crippen LogP contribution is -2.13. The van der Waals surface area contributed by atoms with Gasteiger partial charge in [0.1, 0.15) is 13.4 Å². The van der Waals surface area contributed by atoms with Crippen molar-refractivity contribution >= 4 is 12.8 Å². The van der Waals surface area contributed by atoms with Gasteiger partial charge in [0.25, 0.3) is 0 Å². The molecule has 0 saturated heterocycles. The molecule has 0 spiro atoms. The molecule has 64 valence electrons. The summed E-state index contributed by atoms with van der Waals surface area (Å²) in [4.78, 5) is 18.3. The van der Waals surface area contributed by atoms with E-state index in [1.54, 1.807) is 0 Å². The molecule has 0 bridgehead atoms. The summed E-state index contributed by atoms with van der Waals surface area (Å²) < 4.78 is 4.45. The molecular formula is C7H12O4. The number of hydrogen-bond acceptors (Lipinski definition) is 4. The van der Waals surface area contributed by atoms with Gasteiger partial charge < -0.3 is 14.6 Å². The molecule has 11 heavy (non-hydrogen) atoms. The molecular weight excluding hydrogens is 148 g/mol. The minimum Gasteiger partial charge on any atom is -0.460 e. The highest BCUT2D eigenvalue weighted by atomic mass is 16.5. The van der Waals surface area contributed by atoms with Gasteiger partial charge in [-0.25, -0.2) is 4.79 Å². The summed E-state index contributed by atoms with van der Waals surface area (Å²) in [6.45, 7) is 6.75. The van der Waals surface area contributed by atoms with Crippen molar-refractivity contribution in [2.75, 3.05) is 6.61 Å². The van der Waals surface area contributed by atoms with E-state index < -0.39 is 12.1 Å². The molecule has 0 heterocycles. The van der Waals surface area contributed by atoms with Crippen molar-refractivity contribution in [2.24, 2.45) is 0 Å². The Kier molecular flexibility index (Phi) is 10.1. The SMILES string of the molecule is C=CC(=O)OCC(C)O.C=O. The molecule has 0 saturated carbocycles. The van der Waals surface area contributed by atoms with E-state index in [0.717, 1.165) is 6.08 Å². The van der Waals surface area contributed by atoms with Crippen LogP contribution in [-0.2, 0) is 14.3 Å². The summed E-state index contributed by atoms with van der Waals surface area (Å²) in [6, 6.07) is 0. The van der Waals surface area contributed by atoms with Crippen molar-refractivity contribution in [1.29, 1.82) is 0 Å². The van der Waals surface area contributed by atoms with Gasteiger partial charge in [-0.15, -0.1) is 0 Å². The Bertz CT molecular complexity index is 120. The van der Waals surface area contributed by atoms with E-state index in [1.807, 2.05) is 6.79 Å². The number of rotatable bonds is 3. The Morgan fingerprint density at radius 2 is 2.18 bits per heavy atom. The number of ether oxygens (including phenoxy) is 1. The van der Waals surface area contributed by atoms with Gasteiger partial charge in [-0.2, -0.15) is 0 Å². The molecule has 0 aromatic rings. The molecule has 0 radical (unpaired) electrons. The second-order valence-electron chi connectivity index (χ2n) is 1.68. The highest BCUT2D eigenvalue weighted by Crippen LogP contribution is 1.83. The lowest BCUT2D eigenvalue weighted by molar-refractivity contribution is -0.140. The van der Waals surface area contributed by atoms with E-state index in [4.69, 9.17) is 9.90 Å². The molecule has 0 fully saturated rings. The third kappa shape index (κ3) is 12.1. The first-order chi connectivity index (χ1) is 5.16. The second-order valence-corrected chi connectivity index (χ2v) is 1.68. The summed E-state index contributed by atoms with van der Waals surface area (Å²) >= 11 is 0. The summed E-state index contributed by atoms with van der Waals surface area (Å²) in [5.74, 6) is -0.504. The zero-order chi connectivity index (χ0) is 9.28. The Morgan fingerprint density at radius 1 is 1.73 bits per heavy atom. The Morgan fingerprint density at radius 3 is 2.45 bits per heavy atom. The maximum atomic E-state index is 10.3. The van der Waals surface area contributed by atoms with Crippen LogP contribution in [0.15, 0.2) is 12.7 Å². The van der Waals surface area contributed by atoms with E-state index in [0.29, 0.717) is 0 Å². The van der Waals surface area contributed by atoms with Crippen LogP contribution in [0.4, 0.5) is 0 Å². The zero-order valence-corrected chi connectivity index (χ0v) is 6.45. The predicted molar refractivity (Wildman–Crippen MR) is 40.0 cm³/mol. The van der Waals surface area contributed by atoms with Crippen molar-refractivity contribution in [2.45, 2.75) is 13.0 Å². The van der Waals surface area contributed by atoms with Crippen LogP contribution in [-0.4, -0.2) is 30.6 Å². The van der Waals surface area contributed by atoms with Gasteiger partial charge in [-0.3, -0.25) is 0 Å². The molecule has 1 N–H and O–H groups in total. The topological polar surface area (TPSA) is 63.6 Å². The molecule has 0 aliphatic heterocycles. The molecule has 0 aromatic carbocycles. The first kappa shape index (κ1) is 12.5. The molecule has 0 rings (SSSR count). The lowest BCUT2D eigenvalue weighted by Gasteiger charge is -2.02. The standard InChI is InChI=1S/C6H10O3.CH2O/c1-3-6(8)9-4-5(2)7;1-2/h3,5,7H,1,4H2,2H3;1H2. The maximum absolute atomic E-state index is 10.3. The van der Waals surface area contributed by atoms with E-state index >= 15 is 0 Å². The van der Waals surface area contributed by atoms with Crippen LogP contribution < -0.4 is 0 Å². The van der Waals surface area contributed by atoms with E-state index in [2.05, 4.69) is 11.3 Å². The predicted octanol–water partition coefficient (Wildman–Crippen LogP) is -0.0885. The molecule has 4 nitrogen and oxygen atoms in total. The molecule has 0 aliphatic carbocycles. The fourth-order valence-electron chi connectivity index (χ4n) is 0.262. The molecule has 1 atom stereocenters. The number of aliphatic hydroxyl groups is 1. The van der Waals surface area contributed by atoms with Crippen LogP contribution in [0.5, 0.6) is 0 Å². The van der Waals surface area contributed by atoms with Crippen LogP contribution in [0, 0.1) is 0 Å². The normalized spacial score (nSPS) is 10.4. The van der Waals surface area contributed by atoms with Crippen molar-refractivity contribution in [1.82, 2.24) is 0 Å². The minimum atomic E-state index is -0.603. The summed E-state index contributed by atoms with van der Waals surface area (Å²) in [7, 11) is 0. The maximum Gasteiger partial charge on any atom is 0.330 e. The van der Waals surface area contributed by atoms with Crippen LogP contribution in [0.3, 0.4) is 0 Å². The molecule has 4 heteroatoms. The first-order valence-electron chi connectivity index (χ1n) is 2.93. The van der Waals surface area contributed by atoms with E-state index in [9.17, 15) is 4.79 Å². The average molecular weight is 160 g/mol. The Labute approximate surface area is 65.5 Å². The Balaban J connectivity index is 0. The van der Waals surface area contributed by atoms with Gasteiger partial charge in [0.2, 0.25) is 0 Å². The highest BCUT2D eigenvalue weighted by Gasteiger charge is 1.97. The van der Waals surface area contributed by atoms with Crippen molar-refractivity contribution in [3.63, 3.8) is 0 Å². The quantitative estimate of drug-likeness (QED) is 0.463. The number of aliphatic hydroxyl groups excluding tert-OH is 1. The number of hydrogen-bond donors (Lipinski definition) is 1. The average Bonchev–Trinajstić information content (AvgIpc) is 2.04. The van der Waals surface area contributed by atoms with E-state index in [-0.39, 0.29) is 6.61 Å². The fourth-order valence-corrected chi connectivity index (χ4v) is 0.262. The monoisotopic (exact) mass is 160 g/mol. The van der Waals surface area contributed by atoms with Gasteiger partial charge in [0.15, 0.2) is 0 Å². The zero-order valence-electron chi connectivity index (χ0n) is 6.45. The highest BCUT2D eigenvalue weighted by molar-refractivity contribution is 5.81. The van der Waals surface area contributed by atoms with Crippen LogP contribution in [0.25, 0.3) is 0 Å². The molecule has 0 aromatic heterocycles. The van der Waals surface area contributed by atoms with Gasteiger partial charge >= 0.3 is 5.97 Å². The van der Waals surface area contributed by atoms with Crippen molar-refractivity contribution in [3.8, 4) is 0 Å². The third-order valence-electron chi connectivity index (χ3n) is 0.633. The summed E-state index contributed by atoms with van der Waals surface area (Å²) in [5.41, 5.74) is 0. The largest absolute Gasteiger partial charge is 0.460 e.